The lowest BCUT2D eigenvalue weighted by molar-refractivity contribution is -0.137. The first-order valence-corrected chi connectivity index (χ1v) is 6.49. The van der Waals surface area contributed by atoms with Crippen LogP contribution in [0.15, 0.2) is 24.3 Å². The van der Waals surface area contributed by atoms with E-state index >= 15 is 0 Å². The average molecular weight is 280 g/mol. The minimum Gasteiger partial charge on any atom is -0.495 e. The van der Waals surface area contributed by atoms with Crippen LogP contribution in [0.2, 0.25) is 0 Å². The van der Waals surface area contributed by atoms with Gasteiger partial charge in [0.1, 0.15) is 5.75 Å². The Kier molecular flexibility index (Phi) is 6.36. The first-order valence-electron chi connectivity index (χ1n) is 6.49. The fraction of sp³-hybridized carbons (Fsp3) is 0.429. The van der Waals surface area contributed by atoms with E-state index < -0.39 is 12.0 Å². The van der Waals surface area contributed by atoms with Gasteiger partial charge in [0.15, 0.2) is 0 Å². The number of benzene rings is 1. The standard InChI is InChI=1S/C14H20N2O4/c1-3-6-10(9-13(17)18)15-14(19)16-11-7-4-5-8-12(11)20-2/h4-5,7-8,10H,3,6,9H2,1-2H3,(H,17,18)(H2,15,16,19). The summed E-state index contributed by atoms with van der Waals surface area (Å²) >= 11 is 0. The van der Waals surface area contributed by atoms with Crippen molar-refractivity contribution in [2.24, 2.45) is 0 Å². The summed E-state index contributed by atoms with van der Waals surface area (Å²) in [5.74, 6) is -0.381. The molecular formula is C14H20N2O4. The second-order valence-electron chi connectivity index (χ2n) is 4.38. The molecule has 1 unspecified atom stereocenters. The van der Waals surface area contributed by atoms with Gasteiger partial charge in [0.05, 0.1) is 19.2 Å². The molecule has 0 radical (unpaired) electrons. The average Bonchev–Trinajstić information content (AvgIpc) is 2.38. The Morgan fingerprint density at radius 3 is 2.65 bits per heavy atom. The molecule has 0 bridgehead atoms. The molecule has 0 heterocycles. The maximum atomic E-state index is 11.9. The summed E-state index contributed by atoms with van der Waals surface area (Å²) in [6, 6.07) is 6.20. The summed E-state index contributed by atoms with van der Waals surface area (Å²) in [6.07, 6.45) is 1.33. The maximum absolute atomic E-state index is 11.9. The van der Waals surface area contributed by atoms with Gasteiger partial charge in [-0.2, -0.15) is 0 Å². The van der Waals surface area contributed by atoms with E-state index in [9.17, 15) is 9.59 Å². The van der Waals surface area contributed by atoms with Crippen molar-refractivity contribution < 1.29 is 19.4 Å². The normalized spacial score (nSPS) is 11.5. The van der Waals surface area contributed by atoms with Gasteiger partial charge in [0.2, 0.25) is 0 Å². The van der Waals surface area contributed by atoms with Crippen molar-refractivity contribution in [1.29, 1.82) is 0 Å². The quantitative estimate of drug-likeness (QED) is 0.716. The number of aliphatic carboxylic acids is 1. The highest BCUT2D eigenvalue weighted by atomic mass is 16.5. The van der Waals surface area contributed by atoms with Crippen molar-refractivity contribution in [3.63, 3.8) is 0 Å². The van der Waals surface area contributed by atoms with Crippen molar-refractivity contribution >= 4 is 17.7 Å². The van der Waals surface area contributed by atoms with Crippen LogP contribution < -0.4 is 15.4 Å². The van der Waals surface area contributed by atoms with E-state index in [2.05, 4.69) is 10.6 Å². The van der Waals surface area contributed by atoms with Crippen LogP contribution in [-0.2, 0) is 4.79 Å². The van der Waals surface area contributed by atoms with Gasteiger partial charge >= 0.3 is 12.0 Å². The molecule has 0 saturated heterocycles. The summed E-state index contributed by atoms with van der Waals surface area (Å²) in [4.78, 5) is 22.6. The molecule has 0 aliphatic rings. The lowest BCUT2D eigenvalue weighted by Gasteiger charge is -2.17. The van der Waals surface area contributed by atoms with Gasteiger partial charge in [0.25, 0.3) is 0 Å². The Labute approximate surface area is 118 Å². The van der Waals surface area contributed by atoms with Crippen LogP contribution in [0.1, 0.15) is 26.2 Å². The smallest absolute Gasteiger partial charge is 0.319 e. The third-order valence-electron chi connectivity index (χ3n) is 2.75. The molecule has 1 atom stereocenters. The molecule has 6 nitrogen and oxygen atoms in total. The summed E-state index contributed by atoms with van der Waals surface area (Å²) in [5.41, 5.74) is 0.540. The number of nitrogens with one attached hydrogen (secondary N) is 2. The fourth-order valence-corrected chi connectivity index (χ4v) is 1.88. The van der Waals surface area contributed by atoms with Crippen molar-refractivity contribution in [2.45, 2.75) is 32.2 Å². The minimum absolute atomic E-state index is 0.0901. The fourth-order valence-electron chi connectivity index (χ4n) is 1.88. The highest BCUT2D eigenvalue weighted by molar-refractivity contribution is 5.91. The third-order valence-corrected chi connectivity index (χ3v) is 2.75. The number of para-hydroxylation sites is 2. The number of carboxylic acids is 1. The lowest BCUT2D eigenvalue weighted by Crippen LogP contribution is -2.39. The Hall–Kier alpha value is -2.24. The molecule has 0 aliphatic carbocycles. The van der Waals surface area contributed by atoms with Gasteiger partial charge < -0.3 is 20.5 Å². The van der Waals surface area contributed by atoms with Crippen molar-refractivity contribution in [2.75, 3.05) is 12.4 Å². The van der Waals surface area contributed by atoms with E-state index in [0.717, 1.165) is 6.42 Å². The molecule has 6 heteroatoms. The van der Waals surface area contributed by atoms with Crippen LogP contribution in [0.25, 0.3) is 0 Å². The number of urea groups is 1. The van der Waals surface area contributed by atoms with E-state index in [1.54, 1.807) is 24.3 Å². The molecule has 1 rings (SSSR count). The van der Waals surface area contributed by atoms with Gasteiger partial charge in [-0.15, -0.1) is 0 Å². The molecule has 0 spiro atoms. The molecular weight excluding hydrogens is 260 g/mol. The van der Waals surface area contributed by atoms with Gasteiger partial charge in [-0.3, -0.25) is 4.79 Å². The number of hydrogen-bond donors (Lipinski definition) is 3. The van der Waals surface area contributed by atoms with E-state index in [0.29, 0.717) is 17.9 Å². The van der Waals surface area contributed by atoms with Crippen LogP contribution >= 0.6 is 0 Å². The highest BCUT2D eigenvalue weighted by Crippen LogP contribution is 2.22. The van der Waals surface area contributed by atoms with Crippen molar-refractivity contribution in [1.82, 2.24) is 5.32 Å². The summed E-state index contributed by atoms with van der Waals surface area (Å²) in [5, 5.41) is 14.1. The second-order valence-corrected chi connectivity index (χ2v) is 4.38. The second kappa shape index (κ2) is 8.04. The molecule has 0 fully saturated rings. The molecule has 20 heavy (non-hydrogen) atoms. The van der Waals surface area contributed by atoms with Crippen LogP contribution in [0, 0.1) is 0 Å². The summed E-state index contributed by atoms with van der Waals surface area (Å²) in [7, 11) is 1.52. The van der Waals surface area contributed by atoms with E-state index in [4.69, 9.17) is 9.84 Å². The number of carboxylic acid groups (broad SMARTS) is 1. The van der Waals surface area contributed by atoms with Crippen LogP contribution in [-0.4, -0.2) is 30.3 Å². The van der Waals surface area contributed by atoms with Gasteiger partial charge in [-0.1, -0.05) is 25.5 Å². The SMILES string of the molecule is CCCC(CC(=O)O)NC(=O)Nc1ccccc1OC. The molecule has 0 aliphatic heterocycles. The number of amides is 2. The molecule has 1 aromatic carbocycles. The number of carbonyl (C=O) groups is 2. The topological polar surface area (TPSA) is 87.7 Å². The first-order chi connectivity index (χ1) is 9.56. The van der Waals surface area contributed by atoms with Crippen molar-refractivity contribution in [3.8, 4) is 5.75 Å². The number of methoxy groups -OCH3 is 1. The van der Waals surface area contributed by atoms with E-state index in [1.165, 1.54) is 7.11 Å². The lowest BCUT2D eigenvalue weighted by atomic mass is 10.1. The van der Waals surface area contributed by atoms with Gasteiger partial charge in [0, 0.05) is 6.04 Å². The Bertz CT molecular complexity index is 462. The maximum Gasteiger partial charge on any atom is 0.319 e. The molecule has 1 aromatic rings. The van der Waals surface area contributed by atoms with Crippen LogP contribution in [0.3, 0.4) is 0 Å². The van der Waals surface area contributed by atoms with Crippen molar-refractivity contribution in [3.05, 3.63) is 24.3 Å². The predicted molar refractivity (Wildman–Crippen MR) is 76.1 cm³/mol. The Morgan fingerprint density at radius 1 is 1.35 bits per heavy atom. The highest BCUT2D eigenvalue weighted by Gasteiger charge is 2.15. The van der Waals surface area contributed by atoms with Crippen LogP contribution in [0.4, 0.5) is 10.5 Å². The molecule has 2 amide bonds. The first kappa shape index (κ1) is 15.8. The molecule has 0 saturated carbocycles. The summed E-state index contributed by atoms with van der Waals surface area (Å²) in [6.45, 7) is 1.94. The number of carbonyl (C=O) groups excluding carboxylic acids is 1. The van der Waals surface area contributed by atoms with E-state index in [-0.39, 0.29) is 12.5 Å². The number of rotatable bonds is 7. The van der Waals surface area contributed by atoms with Gasteiger partial charge in [-0.25, -0.2) is 4.79 Å². The number of ether oxygens (including phenoxy) is 1. The van der Waals surface area contributed by atoms with Gasteiger partial charge in [-0.05, 0) is 18.6 Å². The monoisotopic (exact) mass is 280 g/mol. The van der Waals surface area contributed by atoms with Crippen LogP contribution in [0.5, 0.6) is 5.75 Å². The molecule has 110 valence electrons. The molecule has 3 N–H and O–H groups in total. The summed E-state index contributed by atoms with van der Waals surface area (Å²) < 4.78 is 5.13. The molecule has 0 aromatic heterocycles. The van der Waals surface area contributed by atoms with E-state index in [1.807, 2.05) is 6.92 Å². The predicted octanol–water partition coefficient (Wildman–Crippen LogP) is 2.46. The Balaban J connectivity index is 2.62. The largest absolute Gasteiger partial charge is 0.495 e. The zero-order valence-corrected chi connectivity index (χ0v) is 11.7. The third kappa shape index (κ3) is 5.17. The number of anilines is 1. The minimum atomic E-state index is -0.930. The number of hydrogen-bond acceptors (Lipinski definition) is 3. The zero-order chi connectivity index (χ0) is 15.0. The zero-order valence-electron chi connectivity index (χ0n) is 11.7. The Morgan fingerprint density at radius 2 is 2.05 bits per heavy atom.